The molecule has 1 aliphatic rings. The normalized spacial score (nSPS) is 14.0. The van der Waals surface area contributed by atoms with Crippen molar-refractivity contribution in [1.29, 1.82) is 0 Å². The van der Waals surface area contributed by atoms with Crippen molar-refractivity contribution in [3.63, 3.8) is 0 Å². The monoisotopic (exact) mass is 367 g/mol. The molecule has 0 aliphatic carbocycles. The molecule has 1 N–H and O–H groups in total. The van der Waals surface area contributed by atoms with Crippen LogP contribution in [0.2, 0.25) is 5.02 Å². The standard InChI is InChI=1S/C16H18ClN3O5/c1-19-9-14(22)20(16(19)24)7-3-6-15(23)25-10-13(21)18-12-5-2-4-11(17)8-12/h2,4-5,8H,3,6-7,9-10H2,1H3,(H,18,21). The zero-order valence-corrected chi connectivity index (χ0v) is 14.4. The molecule has 0 unspecified atom stereocenters. The van der Waals surface area contributed by atoms with Crippen LogP contribution < -0.4 is 5.32 Å². The predicted octanol–water partition coefficient (Wildman–Crippen LogP) is 1.50. The predicted molar refractivity (Wildman–Crippen MR) is 90.0 cm³/mol. The first-order valence-corrected chi connectivity index (χ1v) is 8.01. The Bertz CT molecular complexity index is 694. The summed E-state index contributed by atoms with van der Waals surface area (Å²) in [5.41, 5.74) is 0.503. The lowest BCUT2D eigenvalue weighted by atomic mass is 10.3. The van der Waals surface area contributed by atoms with Crippen molar-refractivity contribution in [2.75, 3.05) is 32.1 Å². The third-order valence-electron chi connectivity index (χ3n) is 3.47. The molecule has 25 heavy (non-hydrogen) atoms. The Balaban J connectivity index is 1.66. The van der Waals surface area contributed by atoms with E-state index in [1.807, 2.05) is 0 Å². The van der Waals surface area contributed by atoms with E-state index in [2.05, 4.69) is 5.32 Å². The van der Waals surface area contributed by atoms with E-state index in [4.69, 9.17) is 16.3 Å². The highest BCUT2D eigenvalue weighted by atomic mass is 35.5. The molecule has 0 saturated carbocycles. The molecular weight excluding hydrogens is 350 g/mol. The molecule has 9 heteroatoms. The molecule has 1 aromatic carbocycles. The summed E-state index contributed by atoms with van der Waals surface area (Å²) in [6.07, 6.45) is 0.283. The molecule has 1 aromatic rings. The number of rotatable bonds is 7. The van der Waals surface area contributed by atoms with E-state index in [1.165, 1.54) is 11.9 Å². The molecule has 1 saturated heterocycles. The Morgan fingerprint density at radius 2 is 2.08 bits per heavy atom. The average Bonchev–Trinajstić information content (AvgIpc) is 2.79. The van der Waals surface area contributed by atoms with E-state index in [0.29, 0.717) is 10.7 Å². The molecule has 0 atom stereocenters. The quantitative estimate of drug-likeness (QED) is 0.582. The summed E-state index contributed by atoms with van der Waals surface area (Å²) >= 11 is 5.80. The van der Waals surface area contributed by atoms with E-state index < -0.39 is 18.5 Å². The number of ether oxygens (including phenoxy) is 1. The topological polar surface area (TPSA) is 96.0 Å². The second-order valence-electron chi connectivity index (χ2n) is 5.51. The molecular formula is C16H18ClN3O5. The van der Waals surface area contributed by atoms with E-state index in [9.17, 15) is 19.2 Å². The maximum absolute atomic E-state index is 11.7. The van der Waals surface area contributed by atoms with Crippen molar-refractivity contribution in [2.45, 2.75) is 12.8 Å². The molecule has 1 aliphatic heterocycles. The van der Waals surface area contributed by atoms with Gasteiger partial charge in [0.2, 0.25) is 5.91 Å². The Labute approximate surface area is 149 Å². The van der Waals surface area contributed by atoms with Crippen LogP contribution in [0, 0.1) is 0 Å². The summed E-state index contributed by atoms with van der Waals surface area (Å²) in [4.78, 5) is 49.0. The maximum Gasteiger partial charge on any atom is 0.326 e. The minimum atomic E-state index is -0.575. The number of benzene rings is 1. The van der Waals surface area contributed by atoms with Gasteiger partial charge in [-0.1, -0.05) is 17.7 Å². The first kappa shape index (κ1) is 18.7. The number of nitrogens with zero attached hydrogens (tertiary/aromatic N) is 2. The van der Waals surface area contributed by atoms with Gasteiger partial charge in [0.1, 0.15) is 6.54 Å². The van der Waals surface area contributed by atoms with Gasteiger partial charge >= 0.3 is 12.0 Å². The first-order chi connectivity index (χ1) is 11.9. The fourth-order valence-corrected chi connectivity index (χ4v) is 2.44. The van der Waals surface area contributed by atoms with Gasteiger partial charge in [0.05, 0.1) is 0 Å². The van der Waals surface area contributed by atoms with Crippen LogP contribution in [-0.2, 0) is 19.1 Å². The number of urea groups is 1. The van der Waals surface area contributed by atoms with Gasteiger partial charge in [-0.15, -0.1) is 0 Å². The number of anilines is 1. The van der Waals surface area contributed by atoms with Gasteiger partial charge in [0, 0.05) is 30.7 Å². The Kier molecular flexibility index (Phi) is 6.35. The minimum absolute atomic E-state index is 0.00518. The van der Waals surface area contributed by atoms with Crippen LogP contribution in [0.15, 0.2) is 24.3 Å². The Hall–Kier alpha value is -2.61. The van der Waals surface area contributed by atoms with Crippen molar-refractivity contribution in [3.05, 3.63) is 29.3 Å². The van der Waals surface area contributed by atoms with Crippen LogP contribution >= 0.6 is 11.6 Å². The molecule has 1 fully saturated rings. The van der Waals surface area contributed by atoms with Crippen LogP contribution in [0.25, 0.3) is 0 Å². The van der Waals surface area contributed by atoms with Crippen LogP contribution in [0.3, 0.4) is 0 Å². The van der Waals surface area contributed by atoms with Crippen molar-refractivity contribution in [1.82, 2.24) is 9.80 Å². The van der Waals surface area contributed by atoms with Gasteiger partial charge in [-0.25, -0.2) is 4.79 Å². The van der Waals surface area contributed by atoms with Crippen molar-refractivity contribution in [2.24, 2.45) is 0 Å². The zero-order valence-electron chi connectivity index (χ0n) is 13.7. The van der Waals surface area contributed by atoms with Crippen molar-refractivity contribution >= 4 is 41.1 Å². The minimum Gasteiger partial charge on any atom is -0.456 e. The Morgan fingerprint density at radius 1 is 1.32 bits per heavy atom. The van der Waals surface area contributed by atoms with Crippen LogP contribution in [0.5, 0.6) is 0 Å². The van der Waals surface area contributed by atoms with E-state index in [1.54, 1.807) is 24.3 Å². The van der Waals surface area contributed by atoms with Crippen molar-refractivity contribution in [3.8, 4) is 0 Å². The lowest BCUT2D eigenvalue weighted by Crippen LogP contribution is -2.32. The summed E-state index contributed by atoms with van der Waals surface area (Å²) < 4.78 is 4.86. The van der Waals surface area contributed by atoms with E-state index in [0.717, 1.165) is 4.90 Å². The Morgan fingerprint density at radius 3 is 2.72 bits per heavy atom. The summed E-state index contributed by atoms with van der Waals surface area (Å²) in [6, 6.07) is 6.21. The number of hydrogen-bond donors (Lipinski definition) is 1. The molecule has 0 radical (unpaired) electrons. The van der Waals surface area contributed by atoms with Gasteiger partial charge in [-0.2, -0.15) is 0 Å². The summed E-state index contributed by atoms with van der Waals surface area (Å²) in [6.45, 7) is -0.228. The highest BCUT2D eigenvalue weighted by molar-refractivity contribution is 6.30. The lowest BCUT2D eigenvalue weighted by Gasteiger charge is -2.13. The van der Waals surface area contributed by atoms with Gasteiger partial charge in [-0.3, -0.25) is 19.3 Å². The molecule has 0 spiro atoms. The van der Waals surface area contributed by atoms with E-state index in [-0.39, 0.29) is 37.9 Å². The van der Waals surface area contributed by atoms with Gasteiger partial charge < -0.3 is 15.0 Å². The highest BCUT2D eigenvalue weighted by Gasteiger charge is 2.32. The van der Waals surface area contributed by atoms with E-state index >= 15 is 0 Å². The second kappa shape index (κ2) is 8.48. The highest BCUT2D eigenvalue weighted by Crippen LogP contribution is 2.14. The number of halogens is 1. The van der Waals surface area contributed by atoms with Crippen LogP contribution in [0.4, 0.5) is 10.5 Å². The summed E-state index contributed by atoms with van der Waals surface area (Å²) in [5, 5.41) is 3.03. The van der Waals surface area contributed by atoms with Gasteiger partial charge in [0.15, 0.2) is 6.61 Å². The number of amides is 4. The summed E-state index contributed by atoms with van der Waals surface area (Å²) in [5.74, 6) is -1.35. The molecule has 4 amide bonds. The number of carbonyl (C=O) groups excluding carboxylic acids is 4. The molecule has 134 valence electrons. The first-order valence-electron chi connectivity index (χ1n) is 7.63. The number of esters is 1. The molecule has 0 aromatic heterocycles. The molecule has 1 heterocycles. The average molecular weight is 368 g/mol. The number of carbonyl (C=O) groups is 4. The lowest BCUT2D eigenvalue weighted by molar-refractivity contribution is -0.147. The fourth-order valence-electron chi connectivity index (χ4n) is 2.25. The number of imide groups is 1. The third-order valence-corrected chi connectivity index (χ3v) is 3.70. The zero-order chi connectivity index (χ0) is 18.4. The smallest absolute Gasteiger partial charge is 0.326 e. The van der Waals surface area contributed by atoms with Gasteiger partial charge in [0.25, 0.3) is 5.91 Å². The molecule has 2 rings (SSSR count). The number of hydrogen-bond acceptors (Lipinski definition) is 5. The van der Waals surface area contributed by atoms with Crippen molar-refractivity contribution < 1.29 is 23.9 Å². The largest absolute Gasteiger partial charge is 0.456 e. The number of likely N-dealkylation sites (N-methyl/N-ethyl adjacent to an activating group) is 1. The van der Waals surface area contributed by atoms with Crippen LogP contribution in [0.1, 0.15) is 12.8 Å². The SMILES string of the molecule is CN1CC(=O)N(CCCC(=O)OCC(=O)Nc2cccc(Cl)c2)C1=O. The van der Waals surface area contributed by atoms with Gasteiger partial charge in [-0.05, 0) is 24.6 Å². The summed E-state index contributed by atoms with van der Waals surface area (Å²) in [7, 11) is 1.53. The maximum atomic E-state index is 11.7. The third kappa shape index (κ3) is 5.46. The fraction of sp³-hybridized carbons (Fsp3) is 0.375. The van der Waals surface area contributed by atoms with Crippen LogP contribution in [-0.4, -0.2) is 60.4 Å². The molecule has 8 nitrogen and oxygen atoms in total. The molecule has 0 bridgehead atoms. The number of nitrogens with one attached hydrogen (secondary N) is 1. The second-order valence-corrected chi connectivity index (χ2v) is 5.94.